The molecule has 1 aliphatic heterocycles. The quantitative estimate of drug-likeness (QED) is 0.156. The molecule has 0 saturated carbocycles. The maximum atomic E-state index is 3.92. The van der Waals surface area contributed by atoms with Crippen molar-refractivity contribution < 1.29 is 0 Å². The third-order valence-corrected chi connectivity index (χ3v) is 14.3. The normalized spacial score (nSPS) is 17.6. The van der Waals surface area contributed by atoms with Crippen molar-refractivity contribution in [3.63, 3.8) is 0 Å². The lowest BCUT2D eigenvalue weighted by molar-refractivity contribution is 0.203. The molecule has 13 rings (SSSR count). The Labute approximate surface area is 380 Å². The van der Waals surface area contributed by atoms with Crippen molar-refractivity contribution in [3.8, 4) is 55.6 Å². The van der Waals surface area contributed by atoms with E-state index in [1.165, 1.54) is 105 Å². The molecule has 1 fully saturated rings. The number of hydrogen-bond donors (Lipinski definition) is 3. The van der Waals surface area contributed by atoms with Gasteiger partial charge in [0.25, 0.3) is 0 Å². The number of hydrogen-bond acceptors (Lipinski definition) is 3. The lowest BCUT2D eigenvalue weighted by atomic mass is 9.70. The van der Waals surface area contributed by atoms with Crippen LogP contribution >= 0.6 is 0 Å². The van der Waals surface area contributed by atoms with E-state index in [1.54, 1.807) is 0 Å². The van der Waals surface area contributed by atoms with Gasteiger partial charge in [-0.15, -0.1) is 0 Å². The summed E-state index contributed by atoms with van der Waals surface area (Å²) in [5.74, 6) is 0. The summed E-state index contributed by atoms with van der Waals surface area (Å²) in [6.07, 6.45) is -0.245. The van der Waals surface area contributed by atoms with Crippen molar-refractivity contribution in [3.05, 3.63) is 276 Å². The largest absolute Gasteiger partial charge is 0.279 e. The molecule has 0 bridgehead atoms. The Morgan fingerprint density at radius 3 is 1.32 bits per heavy atom. The molecule has 3 nitrogen and oxygen atoms in total. The minimum atomic E-state index is -0.401. The summed E-state index contributed by atoms with van der Waals surface area (Å²) >= 11 is 0. The molecule has 10 aromatic carbocycles. The van der Waals surface area contributed by atoms with Crippen LogP contribution in [0, 0.1) is 0 Å². The second-order valence-corrected chi connectivity index (χ2v) is 17.6. The lowest BCUT2D eigenvalue weighted by Gasteiger charge is -2.39. The minimum absolute atomic E-state index is 0.0595. The molecule has 10 aromatic rings. The predicted octanol–water partition coefficient (Wildman–Crippen LogP) is 14.4. The summed E-state index contributed by atoms with van der Waals surface area (Å²) in [4.78, 5) is 0. The molecule has 3 atom stereocenters. The van der Waals surface area contributed by atoms with Gasteiger partial charge in [0, 0.05) is 0 Å². The van der Waals surface area contributed by atoms with Crippen molar-refractivity contribution in [2.24, 2.45) is 0 Å². The van der Waals surface area contributed by atoms with Gasteiger partial charge in [-0.25, -0.2) is 0 Å². The van der Waals surface area contributed by atoms with E-state index in [-0.39, 0.29) is 18.5 Å². The van der Waals surface area contributed by atoms with Crippen LogP contribution in [0.15, 0.2) is 237 Å². The van der Waals surface area contributed by atoms with Crippen molar-refractivity contribution in [1.82, 2.24) is 16.0 Å². The molecule has 1 spiro atoms. The highest BCUT2D eigenvalue weighted by Crippen LogP contribution is 2.64. The number of benzene rings is 10. The van der Waals surface area contributed by atoms with Crippen molar-refractivity contribution in [1.29, 1.82) is 0 Å². The number of rotatable bonds is 6. The molecule has 308 valence electrons. The molecule has 2 aliphatic carbocycles. The maximum absolute atomic E-state index is 3.92. The number of nitrogens with one attached hydrogen (secondary N) is 3. The van der Waals surface area contributed by atoms with Crippen LogP contribution in [0.1, 0.15) is 57.4 Å². The summed E-state index contributed by atoms with van der Waals surface area (Å²) < 4.78 is 0. The Morgan fingerprint density at radius 1 is 0.262 bits per heavy atom. The first-order valence-electron chi connectivity index (χ1n) is 22.8. The van der Waals surface area contributed by atoms with Crippen molar-refractivity contribution in [2.75, 3.05) is 0 Å². The van der Waals surface area contributed by atoms with Gasteiger partial charge in [-0.05, 0) is 105 Å². The highest BCUT2D eigenvalue weighted by Gasteiger charge is 2.52. The van der Waals surface area contributed by atoms with Crippen LogP contribution in [-0.2, 0) is 5.41 Å². The molecule has 3 unspecified atom stereocenters. The summed E-state index contributed by atoms with van der Waals surface area (Å²) in [6.45, 7) is 0. The molecule has 3 aliphatic rings. The molecule has 65 heavy (non-hydrogen) atoms. The highest BCUT2D eigenvalue weighted by atomic mass is 15.4. The average molecular weight is 832 g/mol. The molecular formula is C62H45N3. The summed E-state index contributed by atoms with van der Waals surface area (Å²) in [5.41, 5.74) is 21.2. The second kappa shape index (κ2) is 15.3. The Balaban J connectivity index is 0.924. The first kappa shape index (κ1) is 37.9. The fourth-order valence-corrected chi connectivity index (χ4v) is 11.4. The van der Waals surface area contributed by atoms with Crippen LogP contribution < -0.4 is 16.0 Å². The molecule has 1 saturated heterocycles. The molecule has 0 aromatic heterocycles. The fraction of sp³-hybridized carbons (Fsp3) is 0.0645. The average Bonchev–Trinajstić information content (AvgIpc) is 3.86. The third kappa shape index (κ3) is 5.94. The van der Waals surface area contributed by atoms with Crippen LogP contribution in [0.25, 0.3) is 66.4 Å². The van der Waals surface area contributed by atoms with Crippen LogP contribution in [-0.4, -0.2) is 0 Å². The second-order valence-electron chi connectivity index (χ2n) is 17.6. The van der Waals surface area contributed by atoms with E-state index < -0.39 is 5.41 Å². The van der Waals surface area contributed by atoms with E-state index in [0.29, 0.717) is 0 Å². The maximum Gasteiger partial charge on any atom is 0.0864 e. The zero-order valence-corrected chi connectivity index (χ0v) is 35.7. The van der Waals surface area contributed by atoms with Crippen LogP contribution in [0.3, 0.4) is 0 Å². The summed E-state index contributed by atoms with van der Waals surface area (Å²) in [6, 6.07) is 87.3. The van der Waals surface area contributed by atoms with Gasteiger partial charge in [0.05, 0.1) is 23.9 Å². The van der Waals surface area contributed by atoms with Gasteiger partial charge in [-0.1, -0.05) is 237 Å². The smallest absolute Gasteiger partial charge is 0.0864 e. The monoisotopic (exact) mass is 831 g/mol. The molecule has 3 heteroatoms. The van der Waals surface area contributed by atoms with Gasteiger partial charge in [-0.2, -0.15) is 0 Å². The van der Waals surface area contributed by atoms with E-state index in [4.69, 9.17) is 0 Å². The summed E-state index contributed by atoms with van der Waals surface area (Å²) in [5, 5.41) is 14.2. The van der Waals surface area contributed by atoms with E-state index in [0.717, 1.165) is 0 Å². The molecule has 0 amide bonds. The Kier molecular flexibility index (Phi) is 8.89. The predicted molar refractivity (Wildman–Crippen MR) is 267 cm³/mol. The number of fused-ring (bicyclic) bond motifs is 11. The fourth-order valence-electron chi connectivity index (χ4n) is 11.4. The Morgan fingerprint density at radius 2 is 0.692 bits per heavy atom. The zero-order chi connectivity index (χ0) is 42.9. The van der Waals surface area contributed by atoms with Crippen LogP contribution in [0.4, 0.5) is 0 Å². The van der Waals surface area contributed by atoms with Gasteiger partial charge in [0.1, 0.15) is 0 Å². The third-order valence-electron chi connectivity index (χ3n) is 14.3. The van der Waals surface area contributed by atoms with Gasteiger partial charge in [0.15, 0.2) is 0 Å². The van der Waals surface area contributed by atoms with E-state index in [2.05, 4.69) is 253 Å². The molecular weight excluding hydrogens is 787 g/mol. The minimum Gasteiger partial charge on any atom is -0.279 e. The zero-order valence-electron chi connectivity index (χ0n) is 35.7. The Bertz CT molecular complexity index is 3370. The van der Waals surface area contributed by atoms with Gasteiger partial charge in [0.2, 0.25) is 0 Å². The standard InChI is InChI=1S/C62H45N3/c1-3-16-40(17-4-1)41-30-34-45(35-31-41)60-63-59(44-19-5-2-6-20-44)64-61(65-60)46-36-32-43(33-37-46)57-47-21-8-7-18-42(47)38-39-51(57)50-25-15-29-56-58(50)52-24-11-14-28-55(52)62(56)53-26-12-9-22-48(53)49-23-10-13-27-54(49)62/h1-39,59-61,63-65H. The van der Waals surface area contributed by atoms with E-state index in [9.17, 15) is 0 Å². The van der Waals surface area contributed by atoms with Crippen LogP contribution in [0.2, 0.25) is 0 Å². The lowest BCUT2D eigenvalue weighted by Crippen LogP contribution is -2.54. The molecule has 0 radical (unpaired) electrons. The Hall–Kier alpha value is -7.66. The summed E-state index contributed by atoms with van der Waals surface area (Å²) in [7, 11) is 0. The van der Waals surface area contributed by atoms with Crippen molar-refractivity contribution >= 4 is 10.8 Å². The van der Waals surface area contributed by atoms with E-state index >= 15 is 0 Å². The van der Waals surface area contributed by atoms with Gasteiger partial charge in [-0.3, -0.25) is 16.0 Å². The van der Waals surface area contributed by atoms with Gasteiger partial charge >= 0.3 is 0 Å². The molecule has 3 N–H and O–H groups in total. The van der Waals surface area contributed by atoms with Gasteiger partial charge < -0.3 is 0 Å². The first-order chi connectivity index (χ1) is 32.2. The SMILES string of the molecule is c1ccc(-c2ccc(C3NC(c4ccccc4)NC(c4ccc(-c5c(-c6cccc7c6-c6ccccc6C76c7ccccc7-c7ccccc76)ccc6ccccc56)cc4)N3)cc2)cc1. The van der Waals surface area contributed by atoms with Crippen LogP contribution in [0.5, 0.6) is 0 Å². The topological polar surface area (TPSA) is 36.1 Å². The van der Waals surface area contributed by atoms with E-state index in [1.807, 2.05) is 0 Å². The first-order valence-corrected chi connectivity index (χ1v) is 22.8. The highest BCUT2D eigenvalue weighted by molar-refractivity contribution is 6.08. The van der Waals surface area contributed by atoms with Crippen molar-refractivity contribution in [2.45, 2.75) is 23.9 Å². The molecule has 1 heterocycles.